The molecular formula is C15H12N3+. The number of hydrogen-bond acceptors (Lipinski definition) is 1. The zero-order valence-corrected chi connectivity index (χ0v) is 9.82. The minimum Gasteiger partial charge on any atom is -0.233 e. The molecule has 18 heavy (non-hydrogen) atoms. The standard InChI is InChI=1S/C15H12N3/c1-2-5-12(6-3-1)14-10-17-9-13-7-4-8-16-15(13)18(17)11-14/h1-8,10-11H,9H2/q+1. The molecule has 0 aliphatic carbocycles. The number of hydrogen-bond donors (Lipinski definition) is 0. The third-order valence-electron chi connectivity index (χ3n) is 3.35. The molecule has 0 radical (unpaired) electrons. The smallest absolute Gasteiger partial charge is 0.204 e. The van der Waals surface area contributed by atoms with Crippen LogP contribution in [-0.2, 0) is 6.54 Å². The lowest BCUT2D eigenvalue weighted by atomic mass is 10.1. The molecule has 3 aromatic rings. The normalized spacial score (nSPS) is 12.2. The zero-order valence-electron chi connectivity index (χ0n) is 9.82. The van der Waals surface area contributed by atoms with Crippen molar-refractivity contribution < 1.29 is 4.68 Å². The van der Waals surface area contributed by atoms with E-state index in [0.29, 0.717) is 0 Å². The van der Waals surface area contributed by atoms with Crippen LogP contribution in [0.4, 0.5) is 0 Å². The number of rotatable bonds is 1. The summed E-state index contributed by atoms with van der Waals surface area (Å²) in [5.41, 5.74) is 3.74. The van der Waals surface area contributed by atoms with Gasteiger partial charge in [-0.15, -0.1) is 9.36 Å². The Morgan fingerprint density at radius 3 is 2.78 bits per heavy atom. The highest BCUT2D eigenvalue weighted by molar-refractivity contribution is 5.61. The van der Waals surface area contributed by atoms with Crippen molar-refractivity contribution in [1.29, 1.82) is 0 Å². The monoisotopic (exact) mass is 234 g/mol. The van der Waals surface area contributed by atoms with Crippen molar-refractivity contribution in [3.05, 3.63) is 66.6 Å². The first-order valence-corrected chi connectivity index (χ1v) is 6.03. The van der Waals surface area contributed by atoms with E-state index in [1.165, 1.54) is 16.7 Å². The number of nitrogens with zero attached hydrogens (tertiary/aromatic N) is 3. The number of pyridine rings is 1. The molecule has 0 saturated carbocycles. The Morgan fingerprint density at radius 2 is 1.89 bits per heavy atom. The first kappa shape index (κ1) is 9.59. The van der Waals surface area contributed by atoms with Crippen molar-refractivity contribution in [3.8, 4) is 16.9 Å². The highest BCUT2D eigenvalue weighted by Crippen LogP contribution is 2.22. The molecule has 0 atom stereocenters. The molecule has 4 rings (SSSR count). The van der Waals surface area contributed by atoms with Crippen LogP contribution in [0, 0.1) is 0 Å². The van der Waals surface area contributed by atoms with Gasteiger partial charge in [0.25, 0.3) is 0 Å². The summed E-state index contributed by atoms with van der Waals surface area (Å²) in [5.74, 6) is 1.04. The molecule has 0 unspecified atom stereocenters. The summed E-state index contributed by atoms with van der Waals surface area (Å²) in [7, 11) is 0. The Bertz CT molecular complexity index is 714. The van der Waals surface area contributed by atoms with Gasteiger partial charge in [-0.25, -0.2) is 4.98 Å². The van der Waals surface area contributed by atoms with Gasteiger partial charge in [0.05, 0.1) is 17.3 Å². The summed E-state index contributed by atoms with van der Waals surface area (Å²) in [5, 5.41) is 0. The Labute approximate surface area is 105 Å². The van der Waals surface area contributed by atoms with Crippen LogP contribution in [0.15, 0.2) is 61.1 Å². The Balaban J connectivity index is 1.86. The van der Waals surface area contributed by atoms with Crippen LogP contribution in [0.5, 0.6) is 0 Å². The second kappa shape index (κ2) is 3.53. The van der Waals surface area contributed by atoms with E-state index in [1.54, 1.807) is 0 Å². The molecule has 2 aromatic heterocycles. The maximum Gasteiger partial charge on any atom is 0.204 e. The summed E-state index contributed by atoms with van der Waals surface area (Å²) in [4.78, 5) is 4.45. The molecule has 0 spiro atoms. The summed E-state index contributed by atoms with van der Waals surface area (Å²) in [6.45, 7) is 0.899. The van der Waals surface area contributed by atoms with Gasteiger partial charge in [0.2, 0.25) is 18.6 Å². The molecule has 3 heteroatoms. The van der Waals surface area contributed by atoms with Gasteiger partial charge in [0, 0.05) is 6.20 Å². The molecule has 3 nitrogen and oxygen atoms in total. The first-order chi connectivity index (χ1) is 8.92. The highest BCUT2D eigenvalue weighted by atomic mass is 15.4. The molecule has 3 heterocycles. The fourth-order valence-electron chi connectivity index (χ4n) is 2.48. The van der Waals surface area contributed by atoms with Gasteiger partial charge in [-0.05, 0) is 17.7 Å². The van der Waals surface area contributed by atoms with E-state index in [-0.39, 0.29) is 0 Å². The Morgan fingerprint density at radius 1 is 1.00 bits per heavy atom. The molecule has 0 N–H and O–H groups in total. The molecular weight excluding hydrogens is 222 g/mol. The van der Waals surface area contributed by atoms with Gasteiger partial charge < -0.3 is 0 Å². The maximum absolute atomic E-state index is 4.45. The minimum atomic E-state index is 0.899. The van der Waals surface area contributed by atoms with Gasteiger partial charge in [0.1, 0.15) is 0 Å². The van der Waals surface area contributed by atoms with Crippen LogP contribution >= 0.6 is 0 Å². The summed E-state index contributed by atoms with van der Waals surface area (Å²) >= 11 is 0. The van der Waals surface area contributed by atoms with Crippen LogP contribution in [-0.4, -0.2) is 9.67 Å². The van der Waals surface area contributed by atoms with E-state index < -0.39 is 0 Å². The summed E-state index contributed by atoms with van der Waals surface area (Å²) in [6.07, 6.45) is 6.17. The highest BCUT2D eigenvalue weighted by Gasteiger charge is 2.27. The van der Waals surface area contributed by atoms with Crippen LogP contribution in [0.2, 0.25) is 0 Å². The van der Waals surface area contributed by atoms with Gasteiger partial charge >= 0.3 is 0 Å². The van der Waals surface area contributed by atoms with Crippen molar-refractivity contribution >= 4 is 0 Å². The van der Waals surface area contributed by atoms with Gasteiger partial charge in [0.15, 0.2) is 0 Å². The molecule has 1 aliphatic rings. The first-order valence-electron chi connectivity index (χ1n) is 6.03. The van der Waals surface area contributed by atoms with Crippen LogP contribution in [0.1, 0.15) is 5.56 Å². The SMILES string of the molecule is c1ccc(-c2cn3[n+](c2)Cc2cccnc2-3)cc1. The number of fused-ring (bicyclic) bond motifs is 3. The third-order valence-corrected chi connectivity index (χ3v) is 3.35. The zero-order chi connectivity index (χ0) is 11.9. The van der Waals surface area contributed by atoms with E-state index in [1.807, 2.05) is 18.3 Å². The molecule has 1 aromatic carbocycles. The second-order valence-electron chi connectivity index (χ2n) is 4.51. The number of benzene rings is 1. The van der Waals surface area contributed by atoms with E-state index in [9.17, 15) is 0 Å². The predicted octanol–water partition coefficient (Wildman–Crippen LogP) is 2.19. The molecule has 0 saturated heterocycles. The van der Waals surface area contributed by atoms with Crippen molar-refractivity contribution in [2.24, 2.45) is 0 Å². The second-order valence-corrected chi connectivity index (χ2v) is 4.51. The van der Waals surface area contributed by atoms with E-state index in [2.05, 4.69) is 57.1 Å². The fraction of sp³-hybridized carbons (Fsp3) is 0.0667. The number of aromatic nitrogens is 3. The topological polar surface area (TPSA) is 21.7 Å². The van der Waals surface area contributed by atoms with E-state index in [0.717, 1.165) is 12.4 Å². The lowest BCUT2D eigenvalue weighted by molar-refractivity contribution is -0.751. The largest absolute Gasteiger partial charge is 0.233 e. The Hall–Kier alpha value is -2.42. The van der Waals surface area contributed by atoms with Crippen LogP contribution < -0.4 is 4.68 Å². The van der Waals surface area contributed by atoms with Crippen molar-refractivity contribution in [2.45, 2.75) is 6.54 Å². The summed E-state index contributed by atoms with van der Waals surface area (Å²) in [6, 6.07) is 14.5. The molecule has 0 amide bonds. The fourth-order valence-corrected chi connectivity index (χ4v) is 2.48. The quantitative estimate of drug-likeness (QED) is 0.463. The lowest BCUT2D eigenvalue weighted by Crippen LogP contribution is -2.36. The van der Waals surface area contributed by atoms with Crippen molar-refractivity contribution in [2.75, 3.05) is 0 Å². The van der Waals surface area contributed by atoms with E-state index >= 15 is 0 Å². The van der Waals surface area contributed by atoms with Gasteiger partial charge in [-0.1, -0.05) is 30.3 Å². The maximum atomic E-state index is 4.45. The van der Waals surface area contributed by atoms with Gasteiger partial charge in [-0.2, -0.15) is 0 Å². The lowest BCUT2D eigenvalue weighted by Gasteiger charge is -1.94. The third kappa shape index (κ3) is 1.31. The van der Waals surface area contributed by atoms with Crippen molar-refractivity contribution in [1.82, 2.24) is 9.67 Å². The minimum absolute atomic E-state index is 0.899. The molecule has 1 aliphatic heterocycles. The summed E-state index contributed by atoms with van der Waals surface area (Å²) < 4.78 is 4.32. The van der Waals surface area contributed by atoms with Crippen LogP contribution in [0.3, 0.4) is 0 Å². The van der Waals surface area contributed by atoms with E-state index in [4.69, 9.17) is 0 Å². The predicted molar refractivity (Wildman–Crippen MR) is 68.3 cm³/mol. The average Bonchev–Trinajstić information content (AvgIpc) is 2.97. The van der Waals surface area contributed by atoms with Gasteiger partial charge in [-0.3, -0.25) is 0 Å². The van der Waals surface area contributed by atoms with Crippen molar-refractivity contribution in [3.63, 3.8) is 0 Å². The van der Waals surface area contributed by atoms with Crippen LogP contribution in [0.25, 0.3) is 16.9 Å². The molecule has 86 valence electrons. The Kier molecular flexibility index (Phi) is 1.88. The molecule has 0 bridgehead atoms. The molecule has 0 fully saturated rings. The average molecular weight is 234 g/mol.